The van der Waals surface area contributed by atoms with E-state index in [1.165, 1.54) is 0 Å². The van der Waals surface area contributed by atoms with Crippen LogP contribution in [-0.2, 0) is 11.3 Å². The summed E-state index contributed by atoms with van der Waals surface area (Å²) in [5.74, 6) is 0.575. The first-order valence-corrected chi connectivity index (χ1v) is 8.00. The fourth-order valence-electron chi connectivity index (χ4n) is 2.06. The summed E-state index contributed by atoms with van der Waals surface area (Å²) in [5.41, 5.74) is 0.886. The largest absolute Gasteiger partial charge is 0.486 e. The second-order valence-electron chi connectivity index (χ2n) is 4.52. The van der Waals surface area contributed by atoms with Crippen LogP contribution in [0.5, 0.6) is 5.75 Å². The second-order valence-corrected chi connectivity index (χ2v) is 6.19. The van der Waals surface area contributed by atoms with Crippen LogP contribution in [0.4, 0.5) is 0 Å². The molecule has 1 aromatic carbocycles. The van der Waals surface area contributed by atoms with E-state index in [0.29, 0.717) is 22.4 Å². The van der Waals surface area contributed by atoms with Gasteiger partial charge in [-0.25, -0.2) is 4.98 Å². The Morgan fingerprint density at radius 3 is 3.10 bits per heavy atom. The predicted octanol–water partition coefficient (Wildman–Crippen LogP) is 4.88. The average molecular weight is 330 g/mol. The van der Waals surface area contributed by atoms with E-state index in [-0.39, 0.29) is 6.10 Å². The zero-order valence-electron chi connectivity index (χ0n) is 10.6. The zero-order valence-corrected chi connectivity index (χ0v) is 13.0. The van der Waals surface area contributed by atoms with Crippen molar-refractivity contribution in [1.82, 2.24) is 4.98 Å². The third-order valence-corrected chi connectivity index (χ3v) is 4.85. The van der Waals surface area contributed by atoms with E-state index >= 15 is 0 Å². The van der Waals surface area contributed by atoms with Crippen LogP contribution in [0, 0.1) is 0 Å². The van der Waals surface area contributed by atoms with Crippen molar-refractivity contribution in [3.8, 4) is 5.75 Å². The van der Waals surface area contributed by atoms with Gasteiger partial charge in [-0.3, -0.25) is 0 Å². The molecule has 1 unspecified atom stereocenters. The predicted molar refractivity (Wildman–Crippen MR) is 80.8 cm³/mol. The Bertz CT molecular complexity index is 597. The molecule has 0 aliphatic carbocycles. The highest BCUT2D eigenvalue weighted by molar-refractivity contribution is 7.09. The summed E-state index contributed by atoms with van der Waals surface area (Å²) in [6.07, 6.45) is 2.31. The minimum Gasteiger partial charge on any atom is -0.486 e. The van der Waals surface area contributed by atoms with Crippen LogP contribution in [0.2, 0.25) is 10.0 Å². The molecule has 1 aliphatic rings. The molecule has 6 heteroatoms. The Morgan fingerprint density at radius 1 is 1.40 bits per heavy atom. The lowest BCUT2D eigenvalue weighted by molar-refractivity contribution is 0.111. The van der Waals surface area contributed by atoms with Crippen molar-refractivity contribution < 1.29 is 9.47 Å². The van der Waals surface area contributed by atoms with Gasteiger partial charge in [0.2, 0.25) is 0 Å². The number of hydrogen-bond acceptors (Lipinski definition) is 4. The van der Waals surface area contributed by atoms with Crippen LogP contribution in [0.25, 0.3) is 0 Å². The first-order chi connectivity index (χ1) is 9.74. The van der Waals surface area contributed by atoms with Crippen LogP contribution in [0.3, 0.4) is 0 Å². The van der Waals surface area contributed by atoms with Gasteiger partial charge in [0.1, 0.15) is 28.5 Å². The first-order valence-electron chi connectivity index (χ1n) is 6.37. The Morgan fingerprint density at radius 2 is 2.30 bits per heavy atom. The van der Waals surface area contributed by atoms with E-state index in [4.69, 9.17) is 32.7 Å². The van der Waals surface area contributed by atoms with Gasteiger partial charge in [0.25, 0.3) is 0 Å². The number of ether oxygens (including phenoxy) is 2. The van der Waals surface area contributed by atoms with Crippen LogP contribution in [0.1, 0.15) is 29.6 Å². The van der Waals surface area contributed by atoms with Crippen LogP contribution in [-0.4, -0.2) is 11.6 Å². The molecule has 0 spiro atoms. The van der Waals surface area contributed by atoms with Gasteiger partial charge in [-0.15, -0.1) is 11.3 Å². The number of thiazole rings is 1. The molecule has 106 valence electrons. The van der Waals surface area contributed by atoms with Crippen molar-refractivity contribution in [2.45, 2.75) is 25.6 Å². The smallest absolute Gasteiger partial charge is 0.140 e. The lowest BCUT2D eigenvalue weighted by Crippen LogP contribution is -1.99. The van der Waals surface area contributed by atoms with Gasteiger partial charge in [0.15, 0.2) is 0 Å². The summed E-state index contributed by atoms with van der Waals surface area (Å²) < 4.78 is 11.3. The average Bonchev–Trinajstić information content (AvgIpc) is 3.10. The summed E-state index contributed by atoms with van der Waals surface area (Å²) in [6, 6.07) is 5.33. The monoisotopic (exact) mass is 329 g/mol. The third-order valence-electron chi connectivity index (χ3n) is 3.07. The van der Waals surface area contributed by atoms with E-state index in [1.807, 2.05) is 11.4 Å². The lowest BCUT2D eigenvalue weighted by Gasteiger charge is -2.07. The highest BCUT2D eigenvalue weighted by Crippen LogP contribution is 2.33. The molecule has 0 N–H and O–H groups in total. The molecule has 20 heavy (non-hydrogen) atoms. The molecule has 2 aromatic rings. The number of halogens is 2. The standard InChI is InChI=1S/C14H13Cl2NO2S/c15-10-3-1-4-11(13(10)16)19-7-9-8-20-14(17-9)12-5-2-6-18-12/h1,3-4,8,12H,2,5-7H2. The third kappa shape index (κ3) is 3.09. The molecule has 0 amide bonds. The first kappa shape index (κ1) is 14.1. The van der Waals surface area contributed by atoms with Gasteiger partial charge in [-0.2, -0.15) is 0 Å². The van der Waals surface area contributed by atoms with Crippen molar-refractivity contribution in [3.05, 3.63) is 44.3 Å². The molecule has 1 fully saturated rings. The fraction of sp³-hybridized carbons (Fsp3) is 0.357. The SMILES string of the molecule is Clc1cccc(OCc2csc(C3CCCO3)n2)c1Cl. The fourth-order valence-corrected chi connectivity index (χ4v) is 3.29. The van der Waals surface area contributed by atoms with E-state index in [2.05, 4.69) is 4.98 Å². The molecule has 0 saturated carbocycles. The number of rotatable bonds is 4. The molecule has 1 atom stereocenters. The minimum atomic E-state index is 0.156. The quantitative estimate of drug-likeness (QED) is 0.800. The highest BCUT2D eigenvalue weighted by Gasteiger charge is 2.21. The maximum atomic E-state index is 6.07. The van der Waals surface area contributed by atoms with Crippen LogP contribution in [0.15, 0.2) is 23.6 Å². The normalized spacial score (nSPS) is 18.4. The summed E-state index contributed by atoms with van der Waals surface area (Å²) in [7, 11) is 0. The van der Waals surface area contributed by atoms with Crippen molar-refractivity contribution in [2.75, 3.05) is 6.61 Å². The van der Waals surface area contributed by atoms with Crippen LogP contribution >= 0.6 is 34.5 Å². The van der Waals surface area contributed by atoms with E-state index in [0.717, 1.165) is 30.2 Å². The Balaban J connectivity index is 1.65. The molecule has 0 radical (unpaired) electrons. The van der Waals surface area contributed by atoms with Crippen LogP contribution < -0.4 is 4.74 Å². The summed E-state index contributed by atoms with van der Waals surface area (Å²) in [5, 5.41) is 3.94. The van der Waals surface area contributed by atoms with Crippen molar-refractivity contribution in [1.29, 1.82) is 0 Å². The van der Waals surface area contributed by atoms with Gasteiger partial charge < -0.3 is 9.47 Å². The van der Waals surface area contributed by atoms with Crippen molar-refractivity contribution in [2.24, 2.45) is 0 Å². The number of aromatic nitrogens is 1. The number of hydrogen-bond donors (Lipinski definition) is 0. The van der Waals surface area contributed by atoms with Gasteiger partial charge >= 0.3 is 0 Å². The molecule has 2 heterocycles. The molecule has 1 aromatic heterocycles. The summed E-state index contributed by atoms with van der Waals surface area (Å²) in [6.45, 7) is 1.21. The van der Waals surface area contributed by atoms with E-state index in [1.54, 1.807) is 23.5 Å². The van der Waals surface area contributed by atoms with E-state index in [9.17, 15) is 0 Å². The Kier molecular flexibility index (Phi) is 4.46. The maximum absolute atomic E-state index is 6.07. The van der Waals surface area contributed by atoms with Gasteiger partial charge in [0, 0.05) is 12.0 Å². The van der Waals surface area contributed by atoms with E-state index < -0.39 is 0 Å². The molecular formula is C14H13Cl2NO2S. The molecule has 3 nitrogen and oxygen atoms in total. The molecular weight excluding hydrogens is 317 g/mol. The summed E-state index contributed by atoms with van der Waals surface area (Å²) in [4.78, 5) is 4.55. The molecule has 3 rings (SSSR count). The zero-order chi connectivity index (χ0) is 13.9. The highest BCUT2D eigenvalue weighted by atomic mass is 35.5. The van der Waals surface area contributed by atoms with Gasteiger partial charge in [-0.05, 0) is 25.0 Å². The minimum absolute atomic E-state index is 0.156. The Labute approximate surface area is 131 Å². The van der Waals surface area contributed by atoms with Gasteiger partial charge in [0.05, 0.1) is 10.7 Å². The topological polar surface area (TPSA) is 31.4 Å². The van der Waals surface area contributed by atoms with Gasteiger partial charge in [-0.1, -0.05) is 29.3 Å². The number of nitrogens with zero attached hydrogens (tertiary/aromatic N) is 1. The Hall–Kier alpha value is -0.810. The maximum Gasteiger partial charge on any atom is 0.140 e. The molecule has 1 saturated heterocycles. The molecule has 1 aliphatic heterocycles. The summed E-state index contributed by atoms with van der Waals surface area (Å²) >= 11 is 13.6. The lowest BCUT2D eigenvalue weighted by atomic mass is 10.2. The second kappa shape index (κ2) is 6.31. The van der Waals surface area contributed by atoms with Crippen molar-refractivity contribution >= 4 is 34.5 Å². The van der Waals surface area contributed by atoms with Crippen molar-refractivity contribution in [3.63, 3.8) is 0 Å². The molecule has 0 bridgehead atoms. The number of benzene rings is 1.